The summed E-state index contributed by atoms with van der Waals surface area (Å²) >= 11 is 1.64. The van der Waals surface area contributed by atoms with Gasteiger partial charge in [-0.3, -0.25) is 9.69 Å². The van der Waals surface area contributed by atoms with E-state index in [9.17, 15) is 10.1 Å². The van der Waals surface area contributed by atoms with Crippen molar-refractivity contribution in [3.05, 3.63) is 0 Å². The van der Waals surface area contributed by atoms with Gasteiger partial charge in [0.1, 0.15) is 4.75 Å². The summed E-state index contributed by atoms with van der Waals surface area (Å²) in [5, 5.41) is 9.30. The van der Waals surface area contributed by atoms with Gasteiger partial charge in [-0.05, 0) is 26.0 Å². The number of carbonyl (C=O) groups excluding carboxylic acids is 1. The number of hydrogen-bond donors (Lipinski definition) is 0. The quantitative estimate of drug-likeness (QED) is 0.776. The van der Waals surface area contributed by atoms with Gasteiger partial charge < -0.3 is 9.64 Å². The summed E-state index contributed by atoms with van der Waals surface area (Å²) in [4.78, 5) is 16.6. The van der Waals surface area contributed by atoms with Crippen LogP contribution >= 0.6 is 11.8 Å². The summed E-state index contributed by atoms with van der Waals surface area (Å²) in [6.07, 6.45) is 3.68. The third-order valence-corrected chi connectivity index (χ3v) is 5.71. The molecule has 20 heavy (non-hydrogen) atoms. The Bertz CT molecular complexity index is 382. The largest absolute Gasteiger partial charge is 0.378 e. The van der Waals surface area contributed by atoms with Crippen molar-refractivity contribution < 1.29 is 9.53 Å². The smallest absolute Gasteiger partial charge is 0.239 e. The maximum Gasteiger partial charge on any atom is 0.239 e. The Kier molecular flexibility index (Phi) is 5.30. The van der Waals surface area contributed by atoms with Gasteiger partial charge in [0.05, 0.1) is 25.3 Å². The molecule has 0 aromatic heterocycles. The van der Waals surface area contributed by atoms with Gasteiger partial charge in [-0.15, -0.1) is 11.8 Å². The molecule has 112 valence electrons. The van der Waals surface area contributed by atoms with Crippen LogP contribution in [0.25, 0.3) is 0 Å². The molecule has 6 heteroatoms. The van der Waals surface area contributed by atoms with Crippen molar-refractivity contribution in [2.45, 2.75) is 30.6 Å². The first-order valence-corrected chi connectivity index (χ1v) is 8.41. The highest BCUT2D eigenvalue weighted by Crippen LogP contribution is 2.34. The van der Waals surface area contributed by atoms with Crippen molar-refractivity contribution in [1.29, 1.82) is 5.26 Å². The molecule has 0 saturated carbocycles. The standard InChI is InChI=1S/C14H23N3O2S/c1-12(13(18)17-7-9-19-10-8-17)16-5-3-14(11-15,20-2)4-6-16/h12H,3-10H2,1-2H3. The van der Waals surface area contributed by atoms with E-state index in [4.69, 9.17) is 4.74 Å². The molecule has 2 aliphatic rings. The number of hydrogen-bond acceptors (Lipinski definition) is 5. The van der Waals surface area contributed by atoms with Gasteiger partial charge in [0.25, 0.3) is 0 Å². The van der Waals surface area contributed by atoms with Crippen LogP contribution in [0, 0.1) is 11.3 Å². The molecule has 0 bridgehead atoms. The van der Waals surface area contributed by atoms with Crippen LogP contribution in [0.2, 0.25) is 0 Å². The van der Waals surface area contributed by atoms with Crippen LogP contribution in [0.3, 0.4) is 0 Å². The summed E-state index contributed by atoms with van der Waals surface area (Å²) in [6.45, 7) is 6.31. The number of thioether (sulfide) groups is 1. The molecule has 1 amide bonds. The number of amides is 1. The van der Waals surface area contributed by atoms with Gasteiger partial charge in [-0.2, -0.15) is 5.26 Å². The Morgan fingerprint density at radius 1 is 1.30 bits per heavy atom. The number of nitrogens with zero attached hydrogens (tertiary/aromatic N) is 3. The van der Waals surface area contributed by atoms with E-state index >= 15 is 0 Å². The van der Waals surface area contributed by atoms with Crippen LogP contribution in [-0.2, 0) is 9.53 Å². The molecule has 0 spiro atoms. The second kappa shape index (κ2) is 6.79. The van der Waals surface area contributed by atoms with E-state index in [1.165, 1.54) is 0 Å². The van der Waals surface area contributed by atoms with Gasteiger partial charge in [0.2, 0.25) is 5.91 Å². The lowest BCUT2D eigenvalue weighted by Gasteiger charge is -2.40. The fraction of sp³-hybridized carbons (Fsp3) is 0.857. The van der Waals surface area contributed by atoms with Crippen molar-refractivity contribution in [3.8, 4) is 6.07 Å². The molecule has 2 heterocycles. The number of nitriles is 1. The Labute approximate surface area is 125 Å². The maximum atomic E-state index is 12.5. The Morgan fingerprint density at radius 3 is 2.40 bits per heavy atom. The number of morpholine rings is 1. The fourth-order valence-corrected chi connectivity index (χ4v) is 3.52. The van der Waals surface area contributed by atoms with E-state index < -0.39 is 0 Å². The average molecular weight is 297 g/mol. The lowest BCUT2D eigenvalue weighted by Crippen LogP contribution is -2.53. The second-order valence-electron chi connectivity index (χ2n) is 5.46. The van der Waals surface area contributed by atoms with Crippen molar-refractivity contribution in [1.82, 2.24) is 9.80 Å². The zero-order valence-electron chi connectivity index (χ0n) is 12.3. The third kappa shape index (κ3) is 3.27. The fourth-order valence-electron chi connectivity index (χ4n) is 2.84. The molecule has 2 fully saturated rings. The lowest BCUT2D eigenvalue weighted by molar-refractivity contribution is -0.140. The van der Waals surface area contributed by atoms with E-state index in [1.54, 1.807) is 11.8 Å². The van der Waals surface area contributed by atoms with Gasteiger partial charge in [0.15, 0.2) is 0 Å². The van der Waals surface area contributed by atoms with E-state index in [1.807, 2.05) is 18.1 Å². The summed E-state index contributed by atoms with van der Waals surface area (Å²) in [6, 6.07) is 2.35. The number of likely N-dealkylation sites (tertiary alicyclic amines) is 1. The predicted octanol–water partition coefficient (Wildman–Crippen LogP) is 0.955. The minimum Gasteiger partial charge on any atom is -0.378 e. The molecule has 0 aromatic rings. The van der Waals surface area contributed by atoms with Gasteiger partial charge in [-0.25, -0.2) is 0 Å². The summed E-state index contributed by atoms with van der Waals surface area (Å²) in [5.74, 6) is 0.196. The van der Waals surface area contributed by atoms with E-state index in [2.05, 4.69) is 11.0 Å². The Morgan fingerprint density at radius 2 is 1.90 bits per heavy atom. The average Bonchev–Trinajstić information content (AvgIpc) is 2.54. The molecule has 0 aromatic carbocycles. The zero-order valence-corrected chi connectivity index (χ0v) is 13.1. The van der Waals surface area contributed by atoms with Crippen LogP contribution in [0.5, 0.6) is 0 Å². The highest BCUT2D eigenvalue weighted by molar-refractivity contribution is 8.00. The number of carbonyl (C=O) groups is 1. The SMILES string of the molecule is CSC1(C#N)CCN(C(C)C(=O)N2CCOCC2)CC1. The molecule has 0 N–H and O–H groups in total. The topological polar surface area (TPSA) is 56.6 Å². The molecule has 0 aliphatic carbocycles. The minimum atomic E-state index is -0.252. The Balaban J connectivity index is 1.89. The molecule has 1 atom stereocenters. The van der Waals surface area contributed by atoms with Crippen LogP contribution in [0.1, 0.15) is 19.8 Å². The Hall–Kier alpha value is -0.770. The predicted molar refractivity (Wildman–Crippen MR) is 79.5 cm³/mol. The highest BCUT2D eigenvalue weighted by Gasteiger charge is 2.37. The molecular weight excluding hydrogens is 274 g/mol. The van der Waals surface area contributed by atoms with Crippen molar-refractivity contribution in [2.24, 2.45) is 0 Å². The van der Waals surface area contributed by atoms with Crippen molar-refractivity contribution in [3.63, 3.8) is 0 Å². The van der Waals surface area contributed by atoms with E-state index in [0.717, 1.165) is 25.9 Å². The molecule has 5 nitrogen and oxygen atoms in total. The number of ether oxygens (including phenoxy) is 1. The van der Waals surface area contributed by atoms with E-state index in [-0.39, 0.29) is 16.7 Å². The van der Waals surface area contributed by atoms with Gasteiger partial charge in [0, 0.05) is 26.2 Å². The van der Waals surface area contributed by atoms with Crippen LogP contribution < -0.4 is 0 Å². The second-order valence-corrected chi connectivity index (χ2v) is 6.65. The normalized spacial score (nSPS) is 24.9. The van der Waals surface area contributed by atoms with Crippen LogP contribution in [0.15, 0.2) is 0 Å². The lowest BCUT2D eigenvalue weighted by atomic mass is 9.96. The van der Waals surface area contributed by atoms with E-state index in [0.29, 0.717) is 26.3 Å². The number of piperidine rings is 1. The van der Waals surface area contributed by atoms with Gasteiger partial charge >= 0.3 is 0 Å². The molecule has 2 aliphatic heterocycles. The molecule has 1 unspecified atom stereocenters. The third-order valence-electron chi connectivity index (χ3n) is 4.43. The zero-order chi connectivity index (χ0) is 14.6. The first-order valence-electron chi connectivity index (χ1n) is 7.19. The summed E-state index contributed by atoms with van der Waals surface area (Å²) < 4.78 is 5.03. The van der Waals surface area contributed by atoms with Crippen molar-refractivity contribution >= 4 is 17.7 Å². The maximum absolute atomic E-state index is 12.5. The first kappa shape index (κ1) is 15.6. The van der Waals surface area contributed by atoms with Crippen molar-refractivity contribution in [2.75, 3.05) is 45.6 Å². The van der Waals surface area contributed by atoms with Crippen LogP contribution in [0.4, 0.5) is 0 Å². The summed E-state index contributed by atoms with van der Waals surface area (Å²) in [7, 11) is 0. The highest BCUT2D eigenvalue weighted by atomic mass is 32.2. The summed E-state index contributed by atoms with van der Waals surface area (Å²) in [5.41, 5.74) is 0. The van der Waals surface area contributed by atoms with Crippen LogP contribution in [-0.4, -0.2) is 72.1 Å². The molecule has 2 rings (SSSR count). The first-order chi connectivity index (χ1) is 9.62. The molecule has 0 radical (unpaired) electrons. The molecule has 2 saturated heterocycles. The number of rotatable bonds is 3. The minimum absolute atomic E-state index is 0.0911. The monoisotopic (exact) mass is 297 g/mol. The molecular formula is C14H23N3O2S. The van der Waals surface area contributed by atoms with Gasteiger partial charge in [-0.1, -0.05) is 0 Å².